The molecule has 6 nitrogen and oxygen atoms in total. The van der Waals surface area contributed by atoms with E-state index in [9.17, 15) is 4.79 Å². The number of amides is 1. The van der Waals surface area contributed by atoms with Crippen molar-refractivity contribution in [3.63, 3.8) is 0 Å². The molecular weight excluding hydrogens is 282 g/mol. The molecule has 6 heteroatoms. The highest BCUT2D eigenvalue weighted by Crippen LogP contribution is 2.34. The van der Waals surface area contributed by atoms with Gasteiger partial charge in [0.25, 0.3) is 5.91 Å². The number of rotatable bonds is 0. The summed E-state index contributed by atoms with van der Waals surface area (Å²) in [4.78, 5) is 19.6. The maximum Gasteiger partial charge on any atom is 0.253 e. The van der Waals surface area contributed by atoms with Crippen LogP contribution in [-0.4, -0.2) is 42.2 Å². The van der Waals surface area contributed by atoms with Gasteiger partial charge in [-0.3, -0.25) is 9.78 Å². The van der Waals surface area contributed by atoms with Gasteiger partial charge in [-0.05, 0) is 18.6 Å². The zero-order chi connectivity index (χ0) is 14.9. The Kier molecular flexibility index (Phi) is 3.31. The second-order valence-electron chi connectivity index (χ2n) is 5.54. The van der Waals surface area contributed by atoms with E-state index in [2.05, 4.69) is 15.3 Å². The molecule has 0 radical (unpaired) electrons. The van der Waals surface area contributed by atoms with Gasteiger partial charge in [0.15, 0.2) is 0 Å². The molecule has 0 fully saturated rings. The predicted octanol–water partition coefficient (Wildman–Crippen LogP) is 1.70. The molecule has 2 aliphatic heterocycles. The normalized spacial score (nSPS) is 20.9. The van der Waals surface area contributed by atoms with Crippen LogP contribution in [0.5, 0.6) is 5.75 Å². The van der Waals surface area contributed by atoms with Crippen molar-refractivity contribution >= 4 is 5.91 Å². The Bertz CT molecular complexity index is 710. The Labute approximate surface area is 127 Å². The maximum absolute atomic E-state index is 12.1. The van der Waals surface area contributed by atoms with E-state index in [-0.39, 0.29) is 11.8 Å². The van der Waals surface area contributed by atoms with E-state index in [1.54, 1.807) is 12.4 Å². The maximum atomic E-state index is 12.1. The van der Waals surface area contributed by atoms with Crippen LogP contribution in [0, 0.1) is 0 Å². The Morgan fingerprint density at radius 1 is 1.23 bits per heavy atom. The Morgan fingerprint density at radius 2 is 2.18 bits per heavy atom. The van der Waals surface area contributed by atoms with E-state index in [1.165, 1.54) is 0 Å². The average molecular weight is 299 g/mol. The fourth-order valence-electron chi connectivity index (χ4n) is 3.04. The number of nitrogens with zero attached hydrogens (tertiary/aromatic N) is 1. The topological polar surface area (TPSA) is 76.2 Å². The van der Waals surface area contributed by atoms with E-state index >= 15 is 0 Å². The molecular formula is C16H17N3O3. The van der Waals surface area contributed by atoms with Crippen LogP contribution in [0.2, 0.25) is 0 Å². The highest BCUT2D eigenvalue weighted by molar-refractivity contribution is 5.98. The molecule has 0 saturated carbocycles. The third kappa shape index (κ3) is 2.25. The molecule has 0 aliphatic carbocycles. The molecule has 4 heterocycles. The van der Waals surface area contributed by atoms with E-state index in [0.717, 1.165) is 23.4 Å². The van der Waals surface area contributed by atoms with Gasteiger partial charge >= 0.3 is 0 Å². The third-order valence-corrected chi connectivity index (χ3v) is 4.18. The predicted molar refractivity (Wildman–Crippen MR) is 80.0 cm³/mol. The molecule has 2 bridgehead atoms. The van der Waals surface area contributed by atoms with Crippen LogP contribution in [0.4, 0.5) is 0 Å². The fraction of sp³-hybridized carbons (Fsp3) is 0.375. The molecule has 2 N–H and O–H groups in total. The highest BCUT2D eigenvalue weighted by atomic mass is 16.5. The molecule has 114 valence electrons. The molecule has 22 heavy (non-hydrogen) atoms. The minimum absolute atomic E-state index is 0.0268. The summed E-state index contributed by atoms with van der Waals surface area (Å²) in [7, 11) is 0. The SMILES string of the molecule is O=C1NCC2CCOCCOc3cnccc3-c3cc1c2[nH]3. The van der Waals surface area contributed by atoms with Crippen molar-refractivity contribution in [1.82, 2.24) is 15.3 Å². The minimum Gasteiger partial charge on any atom is -0.489 e. The molecule has 4 rings (SSSR count). The van der Waals surface area contributed by atoms with Gasteiger partial charge in [-0.2, -0.15) is 0 Å². The zero-order valence-corrected chi connectivity index (χ0v) is 12.1. The first kappa shape index (κ1) is 13.3. The first-order valence-electron chi connectivity index (χ1n) is 7.49. The summed E-state index contributed by atoms with van der Waals surface area (Å²) in [6, 6.07) is 3.80. The third-order valence-electron chi connectivity index (χ3n) is 4.18. The van der Waals surface area contributed by atoms with Gasteiger partial charge in [-0.25, -0.2) is 0 Å². The molecule has 0 spiro atoms. The second-order valence-corrected chi connectivity index (χ2v) is 5.54. The number of carbonyl (C=O) groups excluding carboxylic acids is 1. The van der Waals surface area contributed by atoms with Gasteiger partial charge in [-0.15, -0.1) is 0 Å². The molecule has 0 aromatic carbocycles. The van der Waals surface area contributed by atoms with Crippen molar-refractivity contribution in [3.05, 3.63) is 35.8 Å². The van der Waals surface area contributed by atoms with Crippen LogP contribution in [0.3, 0.4) is 0 Å². The molecule has 0 saturated heterocycles. The number of pyridine rings is 1. The lowest BCUT2D eigenvalue weighted by molar-refractivity contribution is 0.0883. The molecule has 1 atom stereocenters. The molecule has 1 unspecified atom stereocenters. The number of aromatic nitrogens is 2. The summed E-state index contributed by atoms with van der Waals surface area (Å²) >= 11 is 0. The number of carbonyl (C=O) groups is 1. The fourth-order valence-corrected chi connectivity index (χ4v) is 3.04. The number of ether oxygens (including phenoxy) is 2. The standard InChI is InChI=1S/C16H17N3O3/c20-16-12-7-13-11-1-3-17-9-14(11)22-6-5-21-4-2-10(8-18-16)15(12)19-13/h1,3,7,9-10,19H,2,4-6,8H2,(H,18,20). The number of aromatic amines is 1. The summed E-state index contributed by atoms with van der Waals surface area (Å²) in [6.07, 6.45) is 4.29. The van der Waals surface area contributed by atoms with Crippen LogP contribution >= 0.6 is 0 Å². The molecule has 2 aliphatic rings. The smallest absolute Gasteiger partial charge is 0.253 e. The van der Waals surface area contributed by atoms with Gasteiger partial charge in [0.2, 0.25) is 0 Å². The highest BCUT2D eigenvalue weighted by Gasteiger charge is 2.28. The Balaban J connectivity index is 1.84. The van der Waals surface area contributed by atoms with E-state index in [0.29, 0.717) is 37.7 Å². The summed E-state index contributed by atoms with van der Waals surface area (Å²) in [5.74, 6) is 0.926. The van der Waals surface area contributed by atoms with Crippen LogP contribution in [0.15, 0.2) is 24.5 Å². The monoisotopic (exact) mass is 299 g/mol. The number of hydrogen-bond donors (Lipinski definition) is 2. The largest absolute Gasteiger partial charge is 0.489 e. The van der Waals surface area contributed by atoms with Crippen molar-refractivity contribution < 1.29 is 14.3 Å². The first-order chi connectivity index (χ1) is 10.8. The summed E-state index contributed by atoms with van der Waals surface area (Å²) < 4.78 is 11.4. The lowest BCUT2D eigenvalue weighted by atomic mass is 9.95. The van der Waals surface area contributed by atoms with E-state index < -0.39 is 0 Å². The lowest BCUT2D eigenvalue weighted by Gasteiger charge is -2.23. The van der Waals surface area contributed by atoms with Crippen LogP contribution < -0.4 is 10.1 Å². The average Bonchev–Trinajstić information content (AvgIpc) is 2.98. The number of H-pyrrole nitrogens is 1. The van der Waals surface area contributed by atoms with E-state index in [1.807, 2.05) is 12.1 Å². The van der Waals surface area contributed by atoms with Gasteiger partial charge in [-0.1, -0.05) is 0 Å². The van der Waals surface area contributed by atoms with Crippen molar-refractivity contribution in [2.75, 3.05) is 26.4 Å². The number of hydrogen-bond acceptors (Lipinski definition) is 4. The molecule has 2 aromatic heterocycles. The summed E-state index contributed by atoms with van der Waals surface area (Å²) in [6.45, 7) is 2.33. The van der Waals surface area contributed by atoms with Crippen molar-refractivity contribution in [2.45, 2.75) is 12.3 Å². The summed E-state index contributed by atoms with van der Waals surface area (Å²) in [5, 5.41) is 2.95. The Morgan fingerprint density at radius 3 is 3.14 bits per heavy atom. The second kappa shape index (κ2) is 5.46. The molecule has 2 aromatic rings. The van der Waals surface area contributed by atoms with Crippen molar-refractivity contribution in [3.8, 4) is 17.0 Å². The van der Waals surface area contributed by atoms with E-state index in [4.69, 9.17) is 9.47 Å². The quantitative estimate of drug-likeness (QED) is 0.776. The zero-order valence-electron chi connectivity index (χ0n) is 12.1. The van der Waals surface area contributed by atoms with Crippen LogP contribution in [-0.2, 0) is 4.74 Å². The van der Waals surface area contributed by atoms with Crippen LogP contribution in [0.1, 0.15) is 28.4 Å². The van der Waals surface area contributed by atoms with Crippen molar-refractivity contribution in [2.24, 2.45) is 0 Å². The van der Waals surface area contributed by atoms with Gasteiger partial charge < -0.3 is 19.8 Å². The van der Waals surface area contributed by atoms with Crippen LogP contribution in [0.25, 0.3) is 11.3 Å². The lowest BCUT2D eigenvalue weighted by Crippen LogP contribution is -2.35. The first-order valence-corrected chi connectivity index (χ1v) is 7.49. The van der Waals surface area contributed by atoms with Gasteiger partial charge in [0.05, 0.1) is 24.1 Å². The molecule has 1 amide bonds. The van der Waals surface area contributed by atoms with Gasteiger partial charge in [0.1, 0.15) is 12.4 Å². The number of nitrogens with one attached hydrogen (secondary N) is 2. The van der Waals surface area contributed by atoms with Crippen molar-refractivity contribution in [1.29, 1.82) is 0 Å². The Hall–Kier alpha value is -2.34. The minimum atomic E-state index is -0.0268. The van der Waals surface area contributed by atoms with Gasteiger partial charge in [0, 0.05) is 36.5 Å². The summed E-state index contributed by atoms with van der Waals surface area (Å²) in [5.41, 5.74) is 3.52. The number of fused-ring (bicyclic) bond motifs is 3.